The summed E-state index contributed by atoms with van der Waals surface area (Å²) >= 11 is 5.88. The minimum atomic E-state index is -4.78. The van der Waals surface area contributed by atoms with Crippen molar-refractivity contribution in [2.75, 3.05) is 19.0 Å². The van der Waals surface area contributed by atoms with Gasteiger partial charge in [0, 0.05) is 31.4 Å². The third-order valence-electron chi connectivity index (χ3n) is 4.22. The molecule has 0 aliphatic carbocycles. The molecule has 152 valence electrons. The van der Waals surface area contributed by atoms with Gasteiger partial charge in [-0.3, -0.25) is 4.79 Å². The average Bonchev–Trinajstić information content (AvgIpc) is 3.12. The monoisotopic (exact) mass is 422 g/mol. The Labute approximate surface area is 170 Å². The number of carbonyl (C=O) groups excluding carboxylic acids is 1. The molecule has 0 spiro atoms. The lowest BCUT2D eigenvalue weighted by Crippen LogP contribution is -2.26. The summed E-state index contributed by atoms with van der Waals surface area (Å²) in [6.07, 6.45) is -3.87. The lowest BCUT2D eigenvalue weighted by molar-refractivity contribution is -0.143. The Morgan fingerprint density at radius 2 is 1.90 bits per heavy atom. The van der Waals surface area contributed by atoms with E-state index in [1.807, 2.05) is 37.2 Å². The Morgan fingerprint density at radius 1 is 1.17 bits per heavy atom. The molecule has 0 unspecified atom stereocenters. The smallest absolute Gasteiger partial charge is 0.378 e. The number of nitrogens with one attached hydrogen (secondary N) is 1. The third kappa shape index (κ3) is 4.71. The highest BCUT2D eigenvalue weighted by molar-refractivity contribution is 6.30. The first-order chi connectivity index (χ1) is 13.7. The minimum absolute atomic E-state index is 0.0835. The van der Waals surface area contributed by atoms with Crippen molar-refractivity contribution in [1.82, 2.24) is 15.1 Å². The second kappa shape index (κ2) is 8.16. The molecule has 0 aliphatic rings. The predicted octanol–water partition coefficient (Wildman–Crippen LogP) is 4.54. The number of amides is 1. The van der Waals surface area contributed by atoms with Crippen LogP contribution in [0, 0.1) is 0 Å². The summed E-state index contributed by atoms with van der Waals surface area (Å²) < 4.78 is 41.8. The Kier molecular flexibility index (Phi) is 5.83. The Balaban J connectivity index is 1.88. The predicted molar refractivity (Wildman–Crippen MR) is 106 cm³/mol. The number of alkyl halides is 3. The maximum absolute atomic E-state index is 13.7. The number of rotatable bonds is 5. The maximum atomic E-state index is 13.7. The molecule has 1 heterocycles. The van der Waals surface area contributed by atoms with Crippen molar-refractivity contribution in [3.63, 3.8) is 0 Å². The molecular formula is C20H18ClF3N4O. The van der Waals surface area contributed by atoms with Crippen LogP contribution in [0.3, 0.4) is 0 Å². The van der Waals surface area contributed by atoms with Gasteiger partial charge in [-0.15, -0.1) is 0 Å². The van der Waals surface area contributed by atoms with Crippen LogP contribution in [0.4, 0.5) is 18.9 Å². The molecule has 3 aromatic rings. The fourth-order valence-corrected chi connectivity index (χ4v) is 3.00. The molecule has 1 N–H and O–H groups in total. The Morgan fingerprint density at radius 3 is 2.55 bits per heavy atom. The summed E-state index contributed by atoms with van der Waals surface area (Å²) in [5.41, 5.74) is 0.0879. The van der Waals surface area contributed by atoms with Gasteiger partial charge in [0.2, 0.25) is 0 Å². The van der Waals surface area contributed by atoms with Crippen LogP contribution >= 0.6 is 11.6 Å². The largest absolute Gasteiger partial charge is 0.434 e. The fraction of sp³-hybridized carbons (Fsp3) is 0.200. The molecule has 0 aliphatic heterocycles. The van der Waals surface area contributed by atoms with Gasteiger partial charge < -0.3 is 10.2 Å². The molecule has 29 heavy (non-hydrogen) atoms. The van der Waals surface area contributed by atoms with Crippen LogP contribution in [-0.4, -0.2) is 29.8 Å². The van der Waals surface area contributed by atoms with E-state index in [4.69, 9.17) is 11.6 Å². The minimum Gasteiger partial charge on any atom is -0.378 e. The molecule has 1 amide bonds. The molecule has 0 bridgehead atoms. The number of aromatic nitrogens is 2. The molecule has 5 nitrogen and oxygen atoms in total. The number of halogens is 4. The highest BCUT2D eigenvalue weighted by Crippen LogP contribution is 2.34. The van der Waals surface area contributed by atoms with E-state index in [2.05, 4.69) is 10.4 Å². The van der Waals surface area contributed by atoms with E-state index in [9.17, 15) is 18.0 Å². The number of anilines is 1. The third-order valence-corrected chi connectivity index (χ3v) is 4.45. The number of hydrogen-bond acceptors (Lipinski definition) is 3. The maximum Gasteiger partial charge on any atom is 0.434 e. The first-order valence-corrected chi connectivity index (χ1v) is 9.00. The van der Waals surface area contributed by atoms with E-state index in [-0.39, 0.29) is 17.3 Å². The molecule has 1 aromatic heterocycles. The van der Waals surface area contributed by atoms with Crippen LogP contribution in [0.25, 0.3) is 5.69 Å². The number of hydrogen-bond donors (Lipinski definition) is 1. The normalized spacial score (nSPS) is 11.4. The topological polar surface area (TPSA) is 50.2 Å². The Bertz CT molecular complexity index is 1030. The average molecular weight is 423 g/mol. The fourth-order valence-electron chi connectivity index (χ4n) is 2.81. The van der Waals surface area contributed by atoms with Gasteiger partial charge in [-0.1, -0.05) is 29.8 Å². The van der Waals surface area contributed by atoms with Crippen molar-refractivity contribution in [3.05, 3.63) is 76.6 Å². The van der Waals surface area contributed by atoms with Gasteiger partial charge in [-0.25, -0.2) is 4.68 Å². The number of benzene rings is 2. The van der Waals surface area contributed by atoms with Crippen LogP contribution in [0.2, 0.25) is 5.02 Å². The summed E-state index contributed by atoms with van der Waals surface area (Å²) in [6, 6.07) is 13.2. The van der Waals surface area contributed by atoms with E-state index in [1.165, 1.54) is 24.3 Å². The molecule has 3 rings (SSSR count). The van der Waals surface area contributed by atoms with Gasteiger partial charge in [0.1, 0.15) is 0 Å². The zero-order valence-corrected chi connectivity index (χ0v) is 16.4. The van der Waals surface area contributed by atoms with Crippen LogP contribution in [0.1, 0.15) is 21.6 Å². The molecular weight excluding hydrogens is 405 g/mol. The molecule has 2 aromatic carbocycles. The van der Waals surface area contributed by atoms with Crippen molar-refractivity contribution >= 4 is 23.2 Å². The summed E-state index contributed by atoms with van der Waals surface area (Å²) in [6.45, 7) is 0.0835. The van der Waals surface area contributed by atoms with Crippen molar-refractivity contribution in [3.8, 4) is 5.69 Å². The van der Waals surface area contributed by atoms with Crippen molar-refractivity contribution in [2.45, 2.75) is 12.7 Å². The second-order valence-electron chi connectivity index (χ2n) is 6.54. The summed E-state index contributed by atoms with van der Waals surface area (Å²) in [5.74, 6) is -0.860. The molecule has 0 fully saturated rings. The van der Waals surface area contributed by atoms with Crippen molar-refractivity contribution in [1.29, 1.82) is 0 Å². The highest BCUT2D eigenvalue weighted by atomic mass is 35.5. The van der Waals surface area contributed by atoms with Gasteiger partial charge in [-0.2, -0.15) is 18.3 Å². The van der Waals surface area contributed by atoms with Crippen LogP contribution in [0.15, 0.2) is 54.7 Å². The zero-order valence-electron chi connectivity index (χ0n) is 15.7. The molecule has 0 atom stereocenters. The standard InChI is InChI=1S/C20H18ClF3N4O/c1-27(2)15-7-3-5-13(9-15)11-25-19(29)17-12-26-28(18(17)20(22,23)24)16-8-4-6-14(21)10-16/h3-10,12H,11H2,1-2H3,(H,25,29). The zero-order chi connectivity index (χ0) is 21.2. The lowest BCUT2D eigenvalue weighted by Gasteiger charge is -2.14. The van der Waals surface area contributed by atoms with Crippen LogP contribution in [0.5, 0.6) is 0 Å². The van der Waals surface area contributed by atoms with E-state index >= 15 is 0 Å². The highest BCUT2D eigenvalue weighted by Gasteiger charge is 2.40. The van der Waals surface area contributed by atoms with Gasteiger partial charge in [0.15, 0.2) is 5.69 Å². The van der Waals surface area contributed by atoms with E-state index in [0.29, 0.717) is 4.68 Å². The van der Waals surface area contributed by atoms with E-state index < -0.39 is 23.3 Å². The van der Waals surface area contributed by atoms with Gasteiger partial charge in [0.05, 0.1) is 17.4 Å². The quantitative estimate of drug-likeness (QED) is 0.656. The first-order valence-electron chi connectivity index (χ1n) is 8.62. The summed E-state index contributed by atoms with van der Waals surface area (Å²) in [7, 11) is 3.75. The molecule has 0 saturated heterocycles. The molecule has 9 heteroatoms. The summed E-state index contributed by atoms with van der Waals surface area (Å²) in [4.78, 5) is 14.4. The summed E-state index contributed by atoms with van der Waals surface area (Å²) in [5, 5.41) is 6.57. The van der Waals surface area contributed by atoms with Gasteiger partial charge >= 0.3 is 6.18 Å². The van der Waals surface area contributed by atoms with Crippen LogP contribution < -0.4 is 10.2 Å². The SMILES string of the molecule is CN(C)c1cccc(CNC(=O)c2cnn(-c3cccc(Cl)c3)c2C(F)(F)F)c1. The molecule has 0 radical (unpaired) electrons. The van der Waals surface area contributed by atoms with Crippen LogP contribution in [-0.2, 0) is 12.7 Å². The van der Waals surface area contributed by atoms with Crippen molar-refractivity contribution < 1.29 is 18.0 Å². The van der Waals surface area contributed by atoms with E-state index in [0.717, 1.165) is 17.4 Å². The number of carbonyl (C=O) groups is 1. The first kappa shape index (κ1) is 20.7. The van der Waals surface area contributed by atoms with E-state index in [1.54, 1.807) is 6.07 Å². The van der Waals surface area contributed by atoms with Gasteiger partial charge in [-0.05, 0) is 35.9 Å². The Hall–Kier alpha value is -3.00. The molecule has 0 saturated carbocycles. The van der Waals surface area contributed by atoms with Gasteiger partial charge in [0.25, 0.3) is 5.91 Å². The van der Waals surface area contributed by atoms with Crippen molar-refractivity contribution in [2.24, 2.45) is 0 Å². The lowest BCUT2D eigenvalue weighted by atomic mass is 10.1. The number of nitrogens with zero attached hydrogens (tertiary/aromatic N) is 3. The second-order valence-corrected chi connectivity index (χ2v) is 6.98.